The van der Waals surface area contributed by atoms with Crippen molar-refractivity contribution in [3.8, 4) is 0 Å². The van der Waals surface area contributed by atoms with Crippen molar-refractivity contribution in [1.29, 1.82) is 0 Å². The number of carbonyl (C=O) groups excluding carboxylic acids is 1. The number of carbonyl (C=O) groups is 1. The van der Waals surface area contributed by atoms with E-state index in [2.05, 4.69) is 26.0 Å². The highest BCUT2D eigenvalue weighted by Crippen LogP contribution is 2.26. The molecule has 2 rings (SSSR count). The lowest BCUT2D eigenvalue weighted by molar-refractivity contribution is -0.122. The maximum atomic E-state index is 13.7. The molecule has 1 atom stereocenters. The number of rotatable bonds is 3. The molecule has 1 amide bonds. The summed E-state index contributed by atoms with van der Waals surface area (Å²) in [7, 11) is -4.15. The molecule has 0 aromatic heterocycles. The second kappa shape index (κ2) is 5.74. The van der Waals surface area contributed by atoms with Crippen LogP contribution >= 0.6 is 15.9 Å². The Labute approximate surface area is 122 Å². The van der Waals surface area contributed by atoms with Crippen molar-refractivity contribution < 1.29 is 22.0 Å². The van der Waals surface area contributed by atoms with E-state index in [1.165, 1.54) is 0 Å². The fourth-order valence-corrected chi connectivity index (χ4v) is 4.33. The SMILES string of the molecule is O=C1CCC(NS(=O)(=O)c2c(F)cc(F)cc2Br)CN1. The van der Waals surface area contributed by atoms with Crippen molar-refractivity contribution in [1.82, 2.24) is 10.0 Å². The smallest absolute Gasteiger partial charge is 0.244 e. The minimum Gasteiger partial charge on any atom is -0.355 e. The molecule has 5 nitrogen and oxygen atoms in total. The topological polar surface area (TPSA) is 75.3 Å². The zero-order valence-electron chi connectivity index (χ0n) is 10.1. The van der Waals surface area contributed by atoms with Gasteiger partial charge in [-0.15, -0.1) is 0 Å². The van der Waals surface area contributed by atoms with Crippen molar-refractivity contribution in [3.05, 3.63) is 28.2 Å². The highest BCUT2D eigenvalue weighted by molar-refractivity contribution is 9.10. The van der Waals surface area contributed by atoms with E-state index >= 15 is 0 Å². The lowest BCUT2D eigenvalue weighted by Gasteiger charge is -2.23. The van der Waals surface area contributed by atoms with Gasteiger partial charge in [0.2, 0.25) is 15.9 Å². The number of benzene rings is 1. The number of sulfonamides is 1. The maximum Gasteiger partial charge on any atom is 0.244 e. The molecule has 0 bridgehead atoms. The Morgan fingerprint density at radius 1 is 1.35 bits per heavy atom. The summed E-state index contributed by atoms with van der Waals surface area (Å²) in [5, 5.41) is 2.51. The fraction of sp³-hybridized carbons (Fsp3) is 0.364. The number of amides is 1. The molecule has 2 N–H and O–H groups in total. The lowest BCUT2D eigenvalue weighted by Crippen LogP contribution is -2.47. The molecule has 1 aromatic carbocycles. The van der Waals surface area contributed by atoms with Crippen LogP contribution in [0.5, 0.6) is 0 Å². The van der Waals surface area contributed by atoms with Gasteiger partial charge in [-0.2, -0.15) is 0 Å². The number of hydrogen-bond donors (Lipinski definition) is 2. The van der Waals surface area contributed by atoms with Crippen LogP contribution in [-0.4, -0.2) is 26.9 Å². The monoisotopic (exact) mass is 368 g/mol. The molecule has 1 unspecified atom stereocenters. The zero-order valence-corrected chi connectivity index (χ0v) is 12.5. The van der Waals surface area contributed by atoms with Gasteiger partial charge in [-0.25, -0.2) is 21.9 Å². The summed E-state index contributed by atoms with van der Waals surface area (Å²) in [4.78, 5) is 10.3. The van der Waals surface area contributed by atoms with Gasteiger partial charge in [-0.3, -0.25) is 4.79 Å². The third-order valence-corrected chi connectivity index (χ3v) is 5.30. The normalized spacial score (nSPS) is 19.8. The van der Waals surface area contributed by atoms with Crippen molar-refractivity contribution in [2.24, 2.45) is 0 Å². The number of nitrogens with one attached hydrogen (secondary N) is 2. The second-order valence-electron chi connectivity index (χ2n) is 4.36. The molecule has 1 aromatic rings. The molecular weight excluding hydrogens is 358 g/mol. The summed E-state index contributed by atoms with van der Waals surface area (Å²) >= 11 is 2.84. The van der Waals surface area contributed by atoms with E-state index in [0.29, 0.717) is 12.5 Å². The first kappa shape index (κ1) is 15.3. The van der Waals surface area contributed by atoms with Gasteiger partial charge in [-0.1, -0.05) is 0 Å². The first-order chi connectivity index (χ1) is 9.29. The maximum absolute atomic E-state index is 13.7. The minimum atomic E-state index is -4.15. The average Bonchev–Trinajstić information content (AvgIpc) is 2.30. The van der Waals surface area contributed by atoms with Gasteiger partial charge in [0.25, 0.3) is 0 Å². The first-order valence-corrected chi connectivity index (χ1v) is 8.01. The second-order valence-corrected chi connectivity index (χ2v) is 6.86. The van der Waals surface area contributed by atoms with Crippen molar-refractivity contribution in [2.75, 3.05) is 6.54 Å². The summed E-state index contributed by atoms with van der Waals surface area (Å²) < 4.78 is 53.0. The van der Waals surface area contributed by atoms with E-state index in [4.69, 9.17) is 0 Å². The van der Waals surface area contributed by atoms with Crippen molar-refractivity contribution in [3.63, 3.8) is 0 Å². The zero-order chi connectivity index (χ0) is 14.9. The highest BCUT2D eigenvalue weighted by Gasteiger charge is 2.28. The van der Waals surface area contributed by atoms with E-state index in [1.807, 2.05) is 0 Å². The average molecular weight is 369 g/mol. The molecule has 110 valence electrons. The van der Waals surface area contributed by atoms with E-state index in [0.717, 1.165) is 6.07 Å². The van der Waals surface area contributed by atoms with Gasteiger partial charge in [0.15, 0.2) is 0 Å². The van der Waals surface area contributed by atoms with Gasteiger partial charge in [0.05, 0.1) is 0 Å². The van der Waals surface area contributed by atoms with Crippen LogP contribution in [0.4, 0.5) is 8.78 Å². The van der Waals surface area contributed by atoms with Crippen LogP contribution in [0.3, 0.4) is 0 Å². The molecule has 1 heterocycles. The van der Waals surface area contributed by atoms with E-state index in [-0.39, 0.29) is 23.3 Å². The van der Waals surface area contributed by atoms with E-state index in [9.17, 15) is 22.0 Å². The predicted octanol–water partition coefficient (Wildman–Crippen LogP) is 1.28. The number of hydrogen-bond acceptors (Lipinski definition) is 3. The molecule has 0 spiro atoms. The molecule has 1 aliphatic heterocycles. The summed E-state index contributed by atoms with van der Waals surface area (Å²) in [6.45, 7) is 0.137. The van der Waals surface area contributed by atoms with Gasteiger partial charge >= 0.3 is 0 Å². The summed E-state index contributed by atoms with van der Waals surface area (Å²) in [5.74, 6) is -2.21. The van der Waals surface area contributed by atoms with Gasteiger partial charge < -0.3 is 5.32 Å². The fourth-order valence-electron chi connectivity index (χ4n) is 1.90. The molecule has 0 radical (unpaired) electrons. The summed E-state index contributed by atoms with van der Waals surface area (Å²) in [6.07, 6.45) is 0.520. The van der Waals surface area contributed by atoms with Gasteiger partial charge in [0, 0.05) is 29.5 Å². The quantitative estimate of drug-likeness (QED) is 0.843. The largest absolute Gasteiger partial charge is 0.355 e. The van der Waals surface area contributed by atoms with Crippen LogP contribution in [0.1, 0.15) is 12.8 Å². The van der Waals surface area contributed by atoms with Crippen LogP contribution in [0.25, 0.3) is 0 Å². The highest BCUT2D eigenvalue weighted by atomic mass is 79.9. The van der Waals surface area contributed by atoms with Crippen LogP contribution in [0.2, 0.25) is 0 Å². The predicted molar refractivity (Wildman–Crippen MR) is 70.4 cm³/mol. The van der Waals surface area contributed by atoms with Crippen molar-refractivity contribution in [2.45, 2.75) is 23.8 Å². The van der Waals surface area contributed by atoms with Crippen LogP contribution in [0.15, 0.2) is 21.5 Å². The first-order valence-electron chi connectivity index (χ1n) is 5.73. The summed E-state index contributed by atoms with van der Waals surface area (Å²) in [6, 6.07) is 0.858. The molecule has 0 saturated carbocycles. The molecule has 0 aliphatic carbocycles. The Morgan fingerprint density at radius 2 is 2.05 bits per heavy atom. The Morgan fingerprint density at radius 3 is 2.60 bits per heavy atom. The third kappa shape index (κ3) is 3.33. The molecule has 1 aliphatic rings. The Hall–Kier alpha value is -1.06. The van der Waals surface area contributed by atoms with Crippen LogP contribution < -0.4 is 10.0 Å². The Balaban J connectivity index is 2.25. The van der Waals surface area contributed by atoms with Gasteiger partial charge in [0.1, 0.15) is 16.5 Å². The van der Waals surface area contributed by atoms with E-state index in [1.54, 1.807) is 0 Å². The number of piperidine rings is 1. The third-order valence-electron chi connectivity index (χ3n) is 2.82. The standard InChI is InChI=1S/C11H11BrF2N2O3S/c12-8-3-6(13)4-9(14)11(8)20(18,19)16-7-1-2-10(17)15-5-7/h3-4,7,16H,1-2,5H2,(H,15,17). The van der Waals surface area contributed by atoms with Crippen LogP contribution in [-0.2, 0) is 14.8 Å². The molecular formula is C11H11BrF2N2O3S. The summed E-state index contributed by atoms with van der Waals surface area (Å²) in [5.41, 5.74) is 0. The molecule has 20 heavy (non-hydrogen) atoms. The van der Waals surface area contributed by atoms with Crippen LogP contribution in [0, 0.1) is 11.6 Å². The van der Waals surface area contributed by atoms with Gasteiger partial charge in [-0.05, 0) is 28.4 Å². The molecule has 1 fully saturated rings. The number of halogens is 3. The Bertz CT molecular complexity index is 618. The van der Waals surface area contributed by atoms with E-state index < -0.39 is 32.6 Å². The minimum absolute atomic E-state index is 0.137. The lowest BCUT2D eigenvalue weighted by atomic mass is 10.1. The molecule has 1 saturated heterocycles. The van der Waals surface area contributed by atoms with Crippen molar-refractivity contribution >= 4 is 31.9 Å². The molecule has 9 heteroatoms. The Kier molecular flexibility index (Phi) is 4.40.